The monoisotopic (exact) mass is 435 g/mol. The lowest BCUT2D eigenvalue weighted by Crippen LogP contribution is -2.52. The van der Waals surface area contributed by atoms with Crippen molar-refractivity contribution in [2.24, 2.45) is 11.1 Å². The van der Waals surface area contributed by atoms with Crippen molar-refractivity contribution in [1.82, 2.24) is 9.88 Å². The predicted octanol–water partition coefficient (Wildman–Crippen LogP) is 4.51. The summed E-state index contributed by atoms with van der Waals surface area (Å²) in [6.07, 6.45) is 2.82. The minimum Gasteiger partial charge on any atom is -0.439 e. The van der Waals surface area contributed by atoms with Gasteiger partial charge in [-0.15, -0.1) is 24.8 Å². The molecule has 134 valence electrons. The van der Waals surface area contributed by atoms with Crippen molar-refractivity contribution >= 4 is 40.7 Å². The smallest absolute Gasteiger partial charge is 0.209 e. The van der Waals surface area contributed by atoms with Crippen molar-refractivity contribution in [3.8, 4) is 11.3 Å². The Morgan fingerprint density at radius 1 is 1.38 bits per heavy atom. The normalized spacial score (nSPS) is 20.1. The van der Waals surface area contributed by atoms with Crippen molar-refractivity contribution < 1.29 is 4.42 Å². The molecule has 4 nitrogen and oxygen atoms in total. The molecule has 1 atom stereocenters. The summed E-state index contributed by atoms with van der Waals surface area (Å²) in [6.45, 7) is 7.17. The topological polar surface area (TPSA) is 55.3 Å². The van der Waals surface area contributed by atoms with Gasteiger partial charge in [-0.1, -0.05) is 41.9 Å². The molecule has 7 heteroatoms. The molecule has 1 unspecified atom stereocenters. The van der Waals surface area contributed by atoms with Crippen LogP contribution in [-0.4, -0.2) is 29.0 Å². The highest BCUT2D eigenvalue weighted by atomic mass is 79.9. The number of nitrogens with two attached hydrogens (primary N) is 1. The van der Waals surface area contributed by atoms with Gasteiger partial charge in [0.25, 0.3) is 0 Å². The summed E-state index contributed by atoms with van der Waals surface area (Å²) in [7, 11) is 0. The highest BCUT2D eigenvalue weighted by Crippen LogP contribution is 2.29. The Morgan fingerprint density at radius 2 is 2.12 bits per heavy atom. The fourth-order valence-corrected chi connectivity index (χ4v) is 3.37. The van der Waals surface area contributed by atoms with Crippen LogP contribution in [0.2, 0.25) is 0 Å². The first-order chi connectivity index (χ1) is 10.4. The number of hydrogen-bond donors (Lipinski definition) is 1. The SMILES string of the molecule is CC1(C)CN(Cc2ncc(-c3cccc(Br)c3)o2)CCC1N.Cl.Cl. The van der Waals surface area contributed by atoms with Crippen LogP contribution in [0.4, 0.5) is 0 Å². The molecule has 1 saturated heterocycles. The molecule has 3 rings (SSSR count). The molecular weight excluding hydrogens is 413 g/mol. The average molecular weight is 437 g/mol. The highest BCUT2D eigenvalue weighted by molar-refractivity contribution is 9.10. The van der Waals surface area contributed by atoms with Crippen LogP contribution in [0.25, 0.3) is 11.3 Å². The molecule has 1 aliphatic heterocycles. The Bertz CT molecular complexity index is 663. The average Bonchev–Trinajstić information content (AvgIpc) is 2.91. The van der Waals surface area contributed by atoms with Gasteiger partial charge in [-0.25, -0.2) is 4.98 Å². The highest BCUT2D eigenvalue weighted by Gasteiger charge is 2.33. The first kappa shape index (κ1) is 21.5. The van der Waals surface area contributed by atoms with Gasteiger partial charge in [-0.05, 0) is 24.0 Å². The number of likely N-dealkylation sites (tertiary alicyclic amines) is 1. The molecule has 1 aromatic heterocycles. The molecule has 1 aromatic carbocycles. The van der Waals surface area contributed by atoms with Gasteiger partial charge in [-0.2, -0.15) is 0 Å². The standard InChI is InChI=1S/C17H22BrN3O.2ClH/c1-17(2)11-21(7-6-15(17)19)10-16-20-9-14(22-16)12-4-3-5-13(18)8-12;;/h3-5,8-9,15H,6-7,10-11,19H2,1-2H3;2*1H. The summed E-state index contributed by atoms with van der Waals surface area (Å²) in [5.74, 6) is 1.57. The van der Waals surface area contributed by atoms with E-state index in [1.165, 1.54) is 0 Å². The third-order valence-corrected chi connectivity index (χ3v) is 4.91. The van der Waals surface area contributed by atoms with Gasteiger partial charge in [0.2, 0.25) is 5.89 Å². The number of oxazole rings is 1. The van der Waals surface area contributed by atoms with Crippen molar-refractivity contribution in [3.05, 3.63) is 40.8 Å². The van der Waals surface area contributed by atoms with Crippen molar-refractivity contribution in [2.75, 3.05) is 13.1 Å². The number of benzene rings is 1. The predicted molar refractivity (Wildman–Crippen MR) is 106 cm³/mol. The van der Waals surface area contributed by atoms with Crippen LogP contribution in [0, 0.1) is 5.41 Å². The molecule has 0 aliphatic carbocycles. The number of rotatable bonds is 3. The van der Waals surface area contributed by atoms with E-state index in [4.69, 9.17) is 10.2 Å². The minimum absolute atomic E-state index is 0. The van der Waals surface area contributed by atoms with E-state index in [0.29, 0.717) is 0 Å². The zero-order valence-corrected chi connectivity index (χ0v) is 17.1. The maximum Gasteiger partial charge on any atom is 0.209 e. The molecule has 0 spiro atoms. The fraction of sp³-hybridized carbons (Fsp3) is 0.471. The van der Waals surface area contributed by atoms with Gasteiger partial charge in [0.05, 0.1) is 12.7 Å². The van der Waals surface area contributed by atoms with E-state index in [9.17, 15) is 0 Å². The molecule has 2 heterocycles. The van der Waals surface area contributed by atoms with Crippen LogP contribution in [0.3, 0.4) is 0 Å². The second-order valence-corrected chi connectivity index (χ2v) is 7.64. The lowest BCUT2D eigenvalue weighted by molar-refractivity contribution is 0.0832. The Hall–Kier alpha value is -0.590. The van der Waals surface area contributed by atoms with Crippen LogP contribution in [0.1, 0.15) is 26.2 Å². The molecule has 0 radical (unpaired) electrons. The van der Waals surface area contributed by atoms with Gasteiger partial charge in [0, 0.05) is 29.2 Å². The molecule has 1 fully saturated rings. The van der Waals surface area contributed by atoms with E-state index < -0.39 is 0 Å². The number of halogens is 3. The van der Waals surface area contributed by atoms with Crippen LogP contribution < -0.4 is 5.73 Å². The first-order valence-corrected chi connectivity index (χ1v) is 8.42. The Labute approximate surface area is 164 Å². The fourth-order valence-electron chi connectivity index (χ4n) is 2.97. The number of hydrogen-bond acceptors (Lipinski definition) is 4. The van der Waals surface area contributed by atoms with Crippen LogP contribution >= 0.6 is 40.7 Å². The third-order valence-electron chi connectivity index (χ3n) is 4.41. The number of piperidine rings is 1. The van der Waals surface area contributed by atoms with E-state index in [0.717, 1.165) is 47.7 Å². The van der Waals surface area contributed by atoms with E-state index in [-0.39, 0.29) is 36.3 Å². The molecular formula is C17H24BrCl2N3O. The quantitative estimate of drug-likeness (QED) is 0.768. The number of aromatic nitrogens is 1. The Balaban J connectivity index is 0.00000144. The maximum absolute atomic E-state index is 6.19. The summed E-state index contributed by atoms with van der Waals surface area (Å²) < 4.78 is 6.95. The molecule has 2 N–H and O–H groups in total. The zero-order valence-electron chi connectivity index (χ0n) is 13.9. The largest absolute Gasteiger partial charge is 0.439 e. The summed E-state index contributed by atoms with van der Waals surface area (Å²) >= 11 is 3.48. The molecule has 0 saturated carbocycles. The van der Waals surface area contributed by atoms with Gasteiger partial charge >= 0.3 is 0 Å². The van der Waals surface area contributed by atoms with E-state index >= 15 is 0 Å². The second-order valence-electron chi connectivity index (χ2n) is 6.72. The molecule has 2 aromatic rings. The summed E-state index contributed by atoms with van der Waals surface area (Å²) in [5, 5.41) is 0. The van der Waals surface area contributed by atoms with Gasteiger partial charge in [0.1, 0.15) is 0 Å². The van der Waals surface area contributed by atoms with E-state index in [2.05, 4.69) is 39.7 Å². The maximum atomic E-state index is 6.19. The lowest BCUT2D eigenvalue weighted by atomic mass is 9.80. The van der Waals surface area contributed by atoms with Crippen LogP contribution in [0.15, 0.2) is 39.4 Å². The van der Waals surface area contributed by atoms with E-state index in [1.807, 2.05) is 24.3 Å². The molecule has 0 amide bonds. The minimum atomic E-state index is 0. The third kappa shape index (κ3) is 4.96. The Morgan fingerprint density at radius 3 is 2.79 bits per heavy atom. The van der Waals surface area contributed by atoms with Gasteiger partial charge in [0.15, 0.2) is 5.76 Å². The zero-order chi connectivity index (χ0) is 15.7. The number of nitrogens with zero attached hydrogens (tertiary/aromatic N) is 2. The van der Waals surface area contributed by atoms with Crippen LogP contribution in [-0.2, 0) is 6.54 Å². The second kappa shape index (κ2) is 8.68. The molecule has 0 bridgehead atoms. The van der Waals surface area contributed by atoms with Gasteiger partial charge in [-0.3, -0.25) is 4.90 Å². The van der Waals surface area contributed by atoms with Gasteiger partial charge < -0.3 is 10.2 Å². The van der Waals surface area contributed by atoms with Crippen molar-refractivity contribution in [1.29, 1.82) is 0 Å². The summed E-state index contributed by atoms with van der Waals surface area (Å²) in [5.41, 5.74) is 7.37. The molecule has 24 heavy (non-hydrogen) atoms. The van der Waals surface area contributed by atoms with Crippen molar-refractivity contribution in [2.45, 2.75) is 32.9 Å². The van der Waals surface area contributed by atoms with E-state index in [1.54, 1.807) is 6.20 Å². The van der Waals surface area contributed by atoms with Crippen LogP contribution in [0.5, 0.6) is 0 Å². The Kier molecular flexibility index (Phi) is 7.75. The lowest BCUT2D eigenvalue weighted by Gasteiger charge is -2.42. The summed E-state index contributed by atoms with van der Waals surface area (Å²) in [4.78, 5) is 6.80. The van der Waals surface area contributed by atoms with Crippen molar-refractivity contribution in [3.63, 3.8) is 0 Å². The molecule has 1 aliphatic rings. The summed E-state index contributed by atoms with van der Waals surface area (Å²) in [6, 6.07) is 8.33. The first-order valence-electron chi connectivity index (χ1n) is 7.63.